The van der Waals surface area contributed by atoms with Gasteiger partial charge in [0.05, 0.1) is 5.25 Å². The van der Waals surface area contributed by atoms with Crippen LogP contribution in [0.15, 0.2) is 36.4 Å². The highest BCUT2D eigenvalue weighted by molar-refractivity contribution is 7.89. The van der Waals surface area contributed by atoms with Gasteiger partial charge in [-0.15, -0.1) is 0 Å². The molecule has 2 aliphatic rings. The Hall–Kier alpha value is -1.57. The standard InChI is InChI=1S/C21H27F2NO3S/c1-14(13-25)18-11-19(22)17(10-20(18)23)12-24-15(2)8-9-21(28(24,26)27)16-6-4-3-5-7-16/h3-6,10-11,14-16,21,25H,7-9,12-13H2,1-2H3/t14?,15-,16?,21+/m0/s1. The molecule has 1 heterocycles. The first-order valence-corrected chi connectivity index (χ1v) is 11.2. The fourth-order valence-corrected chi connectivity index (χ4v) is 6.40. The molecule has 7 heteroatoms. The SMILES string of the molecule is CC(CO)c1cc(F)c(CN2[C@@H](C)CC[C@H](C3C=CC=CC3)S2(=O)=O)cc1F. The number of benzene rings is 1. The molecule has 2 unspecified atom stereocenters. The first-order valence-electron chi connectivity index (χ1n) is 9.68. The molecule has 0 saturated carbocycles. The molecular weight excluding hydrogens is 384 g/mol. The number of sulfonamides is 1. The Kier molecular flexibility index (Phi) is 6.37. The Balaban J connectivity index is 1.89. The van der Waals surface area contributed by atoms with Gasteiger partial charge >= 0.3 is 0 Å². The summed E-state index contributed by atoms with van der Waals surface area (Å²) in [6.45, 7) is 2.92. The lowest BCUT2D eigenvalue weighted by molar-refractivity contribution is 0.266. The first kappa shape index (κ1) is 21.1. The van der Waals surface area contributed by atoms with Crippen LogP contribution in [-0.4, -0.2) is 35.7 Å². The topological polar surface area (TPSA) is 57.6 Å². The zero-order valence-electron chi connectivity index (χ0n) is 16.2. The first-order chi connectivity index (χ1) is 13.3. The van der Waals surface area contributed by atoms with Gasteiger partial charge in [0.2, 0.25) is 10.0 Å². The zero-order valence-corrected chi connectivity index (χ0v) is 17.0. The van der Waals surface area contributed by atoms with E-state index < -0.39 is 32.8 Å². The second-order valence-corrected chi connectivity index (χ2v) is 9.92. The van der Waals surface area contributed by atoms with Gasteiger partial charge in [0.1, 0.15) is 11.6 Å². The van der Waals surface area contributed by atoms with Crippen molar-refractivity contribution in [2.45, 2.75) is 56.9 Å². The quantitative estimate of drug-likeness (QED) is 0.800. The van der Waals surface area contributed by atoms with Crippen LogP contribution < -0.4 is 0 Å². The van der Waals surface area contributed by atoms with Gasteiger partial charge in [-0.25, -0.2) is 17.2 Å². The third kappa shape index (κ3) is 4.07. The van der Waals surface area contributed by atoms with Crippen LogP contribution in [0, 0.1) is 17.6 Å². The molecule has 1 aliphatic carbocycles. The maximum atomic E-state index is 14.6. The van der Waals surface area contributed by atoms with Crippen LogP contribution in [0.1, 0.15) is 50.2 Å². The van der Waals surface area contributed by atoms with Crippen LogP contribution in [0.3, 0.4) is 0 Å². The van der Waals surface area contributed by atoms with Crippen LogP contribution >= 0.6 is 0 Å². The van der Waals surface area contributed by atoms with Crippen molar-refractivity contribution in [1.82, 2.24) is 4.31 Å². The maximum Gasteiger partial charge on any atom is 0.218 e. The lowest BCUT2D eigenvalue weighted by Crippen LogP contribution is -2.50. The molecule has 0 bridgehead atoms. The molecule has 154 valence electrons. The van der Waals surface area contributed by atoms with Gasteiger partial charge in [-0.2, -0.15) is 4.31 Å². The van der Waals surface area contributed by atoms with Crippen LogP contribution in [0.4, 0.5) is 8.78 Å². The highest BCUT2D eigenvalue weighted by Gasteiger charge is 2.43. The summed E-state index contributed by atoms with van der Waals surface area (Å²) in [5, 5.41) is 8.65. The van der Waals surface area contributed by atoms with Crippen LogP contribution in [0.2, 0.25) is 0 Å². The van der Waals surface area contributed by atoms with Crippen LogP contribution in [0.25, 0.3) is 0 Å². The Morgan fingerprint density at radius 1 is 1.21 bits per heavy atom. The molecule has 0 amide bonds. The van der Waals surface area contributed by atoms with E-state index in [-0.39, 0.29) is 36.2 Å². The number of nitrogens with zero attached hydrogens (tertiary/aromatic N) is 1. The molecule has 1 aromatic rings. The molecular formula is C21H27F2NO3S. The zero-order chi connectivity index (χ0) is 20.5. The number of rotatable bonds is 5. The summed E-state index contributed by atoms with van der Waals surface area (Å²) in [4.78, 5) is 0. The van der Waals surface area contributed by atoms with Crippen molar-refractivity contribution in [3.8, 4) is 0 Å². The minimum absolute atomic E-state index is 0.0153. The smallest absolute Gasteiger partial charge is 0.218 e. The summed E-state index contributed by atoms with van der Waals surface area (Å²) in [6.07, 6.45) is 9.55. The van der Waals surface area contributed by atoms with Gasteiger partial charge in [-0.1, -0.05) is 31.2 Å². The lowest BCUT2D eigenvalue weighted by Gasteiger charge is -2.40. The molecule has 0 aromatic heterocycles. The Morgan fingerprint density at radius 3 is 2.61 bits per heavy atom. The third-order valence-corrected chi connectivity index (χ3v) is 8.35. The lowest BCUT2D eigenvalue weighted by atomic mass is 9.93. The van der Waals surface area contributed by atoms with E-state index in [1.165, 1.54) is 4.31 Å². The number of hydrogen-bond donors (Lipinski definition) is 1. The van der Waals surface area contributed by atoms with E-state index in [0.717, 1.165) is 12.1 Å². The molecule has 4 atom stereocenters. The summed E-state index contributed by atoms with van der Waals surface area (Å²) in [5.41, 5.74) is 0.108. The van der Waals surface area contributed by atoms with E-state index in [0.29, 0.717) is 19.3 Å². The normalized spacial score (nSPS) is 28.4. The predicted octanol–water partition coefficient (Wildman–Crippen LogP) is 3.88. The van der Waals surface area contributed by atoms with Crippen LogP contribution in [0.5, 0.6) is 0 Å². The number of allylic oxidation sites excluding steroid dienone is 4. The fourth-order valence-electron chi connectivity index (χ4n) is 4.05. The molecule has 0 spiro atoms. The highest BCUT2D eigenvalue weighted by atomic mass is 32.2. The molecule has 0 radical (unpaired) electrons. The molecule has 1 aromatic carbocycles. The van der Waals surface area contributed by atoms with Gasteiger partial charge < -0.3 is 5.11 Å². The average Bonchev–Trinajstić information content (AvgIpc) is 2.67. The van der Waals surface area contributed by atoms with Crippen molar-refractivity contribution >= 4 is 10.0 Å². The number of hydrogen-bond acceptors (Lipinski definition) is 3. The van der Waals surface area contributed by atoms with Crippen molar-refractivity contribution in [1.29, 1.82) is 0 Å². The average molecular weight is 412 g/mol. The van der Waals surface area contributed by atoms with Gasteiger partial charge in [-0.3, -0.25) is 0 Å². The second kappa shape index (κ2) is 8.43. The van der Waals surface area contributed by atoms with Gasteiger partial charge in [-0.05, 0) is 49.8 Å². The van der Waals surface area contributed by atoms with Crippen molar-refractivity contribution in [2.24, 2.45) is 5.92 Å². The monoisotopic (exact) mass is 411 g/mol. The van der Waals surface area contributed by atoms with Crippen molar-refractivity contribution in [3.05, 3.63) is 59.2 Å². The summed E-state index contributed by atoms with van der Waals surface area (Å²) in [5.74, 6) is -1.91. The molecule has 1 saturated heterocycles. The van der Waals surface area contributed by atoms with Crippen molar-refractivity contribution in [3.63, 3.8) is 0 Å². The molecule has 4 nitrogen and oxygen atoms in total. The molecule has 1 N–H and O–H groups in total. The van der Waals surface area contributed by atoms with E-state index in [1.807, 2.05) is 24.3 Å². The van der Waals surface area contributed by atoms with E-state index >= 15 is 0 Å². The van der Waals surface area contributed by atoms with E-state index in [9.17, 15) is 22.3 Å². The van der Waals surface area contributed by atoms with Crippen molar-refractivity contribution in [2.75, 3.05) is 6.61 Å². The van der Waals surface area contributed by atoms with Crippen LogP contribution in [-0.2, 0) is 16.6 Å². The van der Waals surface area contributed by atoms with Gasteiger partial charge in [0, 0.05) is 30.7 Å². The Morgan fingerprint density at radius 2 is 1.96 bits per heavy atom. The van der Waals surface area contributed by atoms with Gasteiger partial charge in [0.25, 0.3) is 0 Å². The number of aliphatic hydroxyl groups excluding tert-OH is 1. The van der Waals surface area contributed by atoms with Gasteiger partial charge in [0.15, 0.2) is 0 Å². The number of aliphatic hydroxyl groups is 1. The maximum absolute atomic E-state index is 14.6. The molecule has 1 aliphatic heterocycles. The minimum atomic E-state index is -3.65. The van der Waals surface area contributed by atoms with E-state index in [1.54, 1.807) is 13.8 Å². The molecule has 1 fully saturated rings. The molecule has 28 heavy (non-hydrogen) atoms. The Labute approximate surface area is 165 Å². The summed E-state index contributed by atoms with van der Waals surface area (Å²) in [6, 6.07) is 1.85. The molecule has 3 rings (SSSR count). The largest absolute Gasteiger partial charge is 0.396 e. The highest BCUT2D eigenvalue weighted by Crippen LogP contribution is 2.35. The third-order valence-electron chi connectivity index (χ3n) is 5.86. The Bertz CT molecular complexity index is 882. The minimum Gasteiger partial charge on any atom is -0.396 e. The number of halogens is 2. The fraction of sp³-hybridized carbons (Fsp3) is 0.524. The summed E-state index contributed by atoms with van der Waals surface area (Å²) >= 11 is 0. The predicted molar refractivity (Wildman–Crippen MR) is 105 cm³/mol. The second-order valence-electron chi connectivity index (χ2n) is 7.82. The van der Waals surface area contributed by atoms with Crippen molar-refractivity contribution < 1.29 is 22.3 Å². The summed E-state index contributed by atoms with van der Waals surface area (Å²) < 4.78 is 56.9. The summed E-state index contributed by atoms with van der Waals surface area (Å²) in [7, 11) is -3.65. The van der Waals surface area contributed by atoms with E-state index in [2.05, 4.69) is 0 Å². The van der Waals surface area contributed by atoms with E-state index in [4.69, 9.17) is 0 Å².